The fourth-order valence-electron chi connectivity index (χ4n) is 4.16. The lowest BCUT2D eigenvalue weighted by Crippen LogP contribution is -2.30. The minimum atomic E-state index is -0.954. The van der Waals surface area contributed by atoms with E-state index < -0.39 is 11.9 Å². The topological polar surface area (TPSA) is 84.9 Å². The lowest BCUT2D eigenvalue weighted by Gasteiger charge is -2.38. The van der Waals surface area contributed by atoms with E-state index in [0.717, 1.165) is 17.5 Å². The molecule has 1 heterocycles. The maximum atomic E-state index is 11.8. The first-order chi connectivity index (χ1) is 14.0. The number of halogens is 1. The molecule has 2 aromatic carbocycles. The molecular weight excluding hydrogens is 394 g/mol. The number of rotatable bonds is 5. The summed E-state index contributed by atoms with van der Waals surface area (Å²) in [6.07, 6.45) is 5.02. The molecule has 3 atom stereocenters. The molecule has 6 nitrogen and oxygen atoms in total. The van der Waals surface area contributed by atoms with Gasteiger partial charge in [-0.25, -0.2) is 9.59 Å². The summed E-state index contributed by atoms with van der Waals surface area (Å²) in [6, 6.07) is 10.7. The van der Waals surface area contributed by atoms with Crippen LogP contribution in [-0.2, 0) is 9.53 Å². The highest BCUT2D eigenvalue weighted by atomic mass is 35.5. The van der Waals surface area contributed by atoms with Gasteiger partial charge in [-0.3, -0.25) is 0 Å². The van der Waals surface area contributed by atoms with Crippen LogP contribution < -0.4 is 10.1 Å². The zero-order chi connectivity index (χ0) is 20.5. The molecular formula is C22H20ClNO5. The average molecular weight is 414 g/mol. The minimum Gasteiger partial charge on any atom is -0.482 e. The van der Waals surface area contributed by atoms with Crippen molar-refractivity contribution in [2.75, 3.05) is 19.0 Å². The maximum absolute atomic E-state index is 11.8. The predicted molar refractivity (Wildman–Crippen MR) is 109 cm³/mol. The predicted octanol–water partition coefficient (Wildman–Crippen LogP) is 4.42. The highest BCUT2D eigenvalue weighted by molar-refractivity contribution is 6.33. The minimum absolute atomic E-state index is 0.0173. The summed E-state index contributed by atoms with van der Waals surface area (Å²) in [5, 5.41) is 13.6. The Balaban J connectivity index is 1.65. The number of anilines is 1. The van der Waals surface area contributed by atoms with Crippen LogP contribution in [0.25, 0.3) is 0 Å². The molecule has 0 saturated carbocycles. The maximum Gasteiger partial charge on any atom is 0.343 e. The highest BCUT2D eigenvalue weighted by Crippen LogP contribution is 2.52. The van der Waals surface area contributed by atoms with E-state index in [2.05, 4.69) is 22.2 Å². The van der Waals surface area contributed by atoms with Crippen LogP contribution in [0.5, 0.6) is 5.75 Å². The van der Waals surface area contributed by atoms with Crippen molar-refractivity contribution >= 4 is 29.2 Å². The molecule has 150 valence electrons. The van der Waals surface area contributed by atoms with Gasteiger partial charge in [-0.15, -0.1) is 0 Å². The van der Waals surface area contributed by atoms with Gasteiger partial charge < -0.3 is 19.9 Å². The third-order valence-electron chi connectivity index (χ3n) is 5.52. The Labute approximate surface area is 173 Å². The number of allylic oxidation sites excluding steroid dienone is 2. The second kappa shape index (κ2) is 7.79. The summed E-state index contributed by atoms with van der Waals surface area (Å²) in [4.78, 5) is 23.0. The van der Waals surface area contributed by atoms with Gasteiger partial charge in [0.1, 0.15) is 5.75 Å². The lowest BCUT2D eigenvalue weighted by molar-refractivity contribution is -0.142. The second-order valence-corrected chi connectivity index (χ2v) is 7.51. The van der Waals surface area contributed by atoms with Gasteiger partial charge in [0.15, 0.2) is 6.61 Å². The van der Waals surface area contributed by atoms with Gasteiger partial charge in [0.05, 0.1) is 29.4 Å². The van der Waals surface area contributed by atoms with Crippen molar-refractivity contribution in [1.29, 1.82) is 0 Å². The molecule has 2 aromatic rings. The summed E-state index contributed by atoms with van der Waals surface area (Å²) in [6.45, 7) is -0.146. The normalized spacial score (nSPS) is 21.7. The zero-order valence-corrected chi connectivity index (χ0v) is 16.5. The number of carboxylic acids is 1. The second-order valence-electron chi connectivity index (χ2n) is 7.10. The Morgan fingerprint density at radius 2 is 1.97 bits per heavy atom. The highest BCUT2D eigenvalue weighted by Gasteiger charge is 2.40. The van der Waals surface area contributed by atoms with Gasteiger partial charge in [0, 0.05) is 5.92 Å². The molecule has 0 unspecified atom stereocenters. The number of carboxylic acid groups (broad SMARTS) is 1. The number of methoxy groups -OCH3 is 1. The van der Waals surface area contributed by atoms with Crippen LogP contribution in [0.4, 0.5) is 5.69 Å². The van der Waals surface area contributed by atoms with Crippen LogP contribution in [0, 0.1) is 5.92 Å². The fraction of sp³-hybridized carbons (Fsp3) is 0.273. The van der Waals surface area contributed by atoms with E-state index in [1.165, 1.54) is 7.11 Å². The van der Waals surface area contributed by atoms with Gasteiger partial charge in [0.2, 0.25) is 0 Å². The number of hydrogen-bond acceptors (Lipinski definition) is 5. The molecule has 29 heavy (non-hydrogen) atoms. The molecule has 4 rings (SSSR count). The number of aromatic carboxylic acids is 1. The molecule has 1 aliphatic carbocycles. The summed E-state index contributed by atoms with van der Waals surface area (Å²) in [7, 11) is 1.31. The Kier molecular flexibility index (Phi) is 5.20. The van der Waals surface area contributed by atoms with Crippen molar-refractivity contribution < 1.29 is 24.2 Å². The van der Waals surface area contributed by atoms with E-state index in [1.807, 2.05) is 24.3 Å². The number of carbonyl (C=O) groups excluding carboxylic acids is 1. The average Bonchev–Trinajstić information content (AvgIpc) is 3.22. The van der Waals surface area contributed by atoms with Gasteiger partial charge in [0.25, 0.3) is 0 Å². The van der Waals surface area contributed by atoms with E-state index in [-0.39, 0.29) is 30.0 Å². The monoisotopic (exact) mass is 413 g/mol. The first kappa shape index (κ1) is 19.3. The lowest BCUT2D eigenvalue weighted by atomic mass is 9.75. The van der Waals surface area contributed by atoms with Crippen molar-refractivity contribution in [3.8, 4) is 5.75 Å². The third-order valence-corrected chi connectivity index (χ3v) is 5.84. The molecule has 0 radical (unpaired) electrons. The molecule has 1 aliphatic heterocycles. The standard InChI is InChI=1S/C22H20ClNO5/c1-28-18(25)11-29-13-7-5-12(6-8-13)20-15-4-2-3-14(15)19-16(22(26)27)9-10-17(23)21(19)24-20/h2-3,5-10,14-15,20,24H,4,11H2,1H3,(H,26,27)/t14-,15+,20+/m1/s1. The number of carbonyl (C=O) groups is 2. The first-order valence-corrected chi connectivity index (χ1v) is 9.66. The van der Waals surface area contributed by atoms with Crippen molar-refractivity contribution in [3.63, 3.8) is 0 Å². The summed E-state index contributed by atoms with van der Waals surface area (Å²) < 4.78 is 9.99. The molecule has 0 amide bonds. The molecule has 2 N–H and O–H groups in total. The number of nitrogens with one attached hydrogen (secondary N) is 1. The van der Waals surface area contributed by atoms with Crippen LogP contribution in [-0.4, -0.2) is 30.8 Å². The van der Waals surface area contributed by atoms with Gasteiger partial charge in [-0.1, -0.05) is 35.9 Å². The molecule has 0 saturated heterocycles. The number of esters is 1. The van der Waals surface area contributed by atoms with E-state index in [4.69, 9.17) is 16.3 Å². The van der Waals surface area contributed by atoms with E-state index in [0.29, 0.717) is 16.5 Å². The van der Waals surface area contributed by atoms with Crippen LogP contribution in [0.1, 0.15) is 39.9 Å². The van der Waals surface area contributed by atoms with Crippen LogP contribution in [0.2, 0.25) is 5.02 Å². The number of benzene rings is 2. The number of ether oxygens (including phenoxy) is 2. The Morgan fingerprint density at radius 3 is 2.66 bits per heavy atom. The van der Waals surface area contributed by atoms with Gasteiger partial charge in [-0.2, -0.15) is 0 Å². The summed E-state index contributed by atoms with van der Waals surface area (Å²) in [5.41, 5.74) is 2.74. The quantitative estimate of drug-likeness (QED) is 0.557. The van der Waals surface area contributed by atoms with E-state index in [9.17, 15) is 14.7 Å². The summed E-state index contributed by atoms with van der Waals surface area (Å²) in [5.74, 6) is -0.660. The van der Waals surface area contributed by atoms with Gasteiger partial charge >= 0.3 is 11.9 Å². The Hall–Kier alpha value is -2.99. The molecule has 2 aliphatic rings. The molecule has 0 bridgehead atoms. The Morgan fingerprint density at radius 1 is 1.21 bits per heavy atom. The van der Waals surface area contributed by atoms with Gasteiger partial charge in [-0.05, 0) is 47.7 Å². The third kappa shape index (κ3) is 3.56. The van der Waals surface area contributed by atoms with Crippen molar-refractivity contribution in [2.45, 2.75) is 18.4 Å². The van der Waals surface area contributed by atoms with E-state index >= 15 is 0 Å². The number of hydrogen-bond donors (Lipinski definition) is 2. The largest absolute Gasteiger partial charge is 0.482 e. The van der Waals surface area contributed by atoms with Crippen molar-refractivity contribution in [1.82, 2.24) is 0 Å². The fourth-order valence-corrected chi connectivity index (χ4v) is 4.38. The smallest absolute Gasteiger partial charge is 0.343 e. The van der Waals surface area contributed by atoms with Crippen LogP contribution >= 0.6 is 11.6 Å². The van der Waals surface area contributed by atoms with E-state index in [1.54, 1.807) is 12.1 Å². The van der Waals surface area contributed by atoms with Crippen LogP contribution in [0.15, 0.2) is 48.6 Å². The van der Waals surface area contributed by atoms with Crippen molar-refractivity contribution in [3.05, 3.63) is 70.3 Å². The van der Waals surface area contributed by atoms with Crippen molar-refractivity contribution in [2.24, 2.45) is 5.92 Å². The molecule has 7 heteroatoms. The molecule has 0 aromatic heterocycles. The molecule has 0 spiro atoms. The Bertz CT molecular complexity index is 985. The molecule has 0 fully saturated rings. The summed E-state index contributed by atoms with van der Waals surface area (Å²) >= 11 is 6.43. The zero-order valence-electron chi connectivity index (χ0n) is 15.7. The van der Waals surface area contributed by atoms with Crippen LogP contribution in [0.3, 0.4) is 0 Å². The first-order valence-electron chi connectivity index (χ1n) is 9.28. The number of fused-ring (bicyclic) bond motifs is 3. The SMILES string of the molecule is COC(=O)COc1ccc([C@@H]2Nc3c(Cl)ccc(C(=O)O)c3[C@@H]3C=CC[C@@H]32)cc1.